The Kier molecular flexibility index (Phi) is 6.13. The number of nitrogens with one attached hydrogen (secondary N) is 1. The number of hydrogen-bond donors (Lipinski definition) is 1. The van der Waals surface area contributed by atoms with Gasteiger partial charge < -0.3 is 9.88 Å². The number of fused-ring (bicyclic) bond motifs is 1. The van der Waals surface area contributed by atoms with Gasteiger partial charge in [0.1, 0.15) is 0 Å². The third kappa shape index (κ3) is 4.88. The van der Waals surface area contributed by atoms with E-state index < -0.39 is 11.7 Å². The van der Waals surface area contributed by atoms with Gasteiger partial charge in [-0.2, -0.15) is 13.2 Å². The number of halogens is 3. The zero-order chi connectivity index (χ0) is 21.2. The maximum absolute atomic E-state index is 13.2. The van der Waals surface area contributed by atoms with Crippen molar-refractivity contribution in [2.75, 3.05) is 20.6 Å². The normalized spacial score (nSPS) is 13.2. The van der Waals surface area contributed by atoms with Gasteiger partial charge in [-0.1, -0.05) is 31.2 Å². The molecule has 0 aliphatic carbocycles. The van der Waals surface area contributed by atoms with Crippen molar-refractivity contribution in [1.82, 2.24) is 9.88 Å². The van der Waals surface area contributed by atoms with Gasteiger partial charge in [0.05, 0.1) is 5.56 Å². The molecule has 1 atom stereocenters. The van der Waals surface area contributed by atoms with Gasteiger partial charge in [-0.05, 0) is 74.3 Å². The smallest absolute Gasteiger partial charge is 0.322 e. The van der Waals surface area contributed by atoms with Crippen molar-refractivity contribution in [2.45, 2.75) is 31.9 Å². The van der Waals surface area contributed by atoms with E-state index in [2.05, 4.69) is 4.98 Å². The first-order chi connectivity index (χ1) is 13.7. The van der Waals surface area contributed by atoms with Crippen LogP contribution in [0.25, 0.3) is 10.9 Å². The molecule has 1 unspecified atom stereocenters. The molecular weight excluding hydrogens is 377 g/mol. The van der Waals surface area contributed by atoms with Crippen molar-refractivity contribution < 1.29 is 13.2 Å². The second-order valence-corrected chi connectivity index (χ2v) is 7.59. The molecule has 0 amide bonds. The molecule has 0 aliphatic heterocycles. The van der Waals surface area contributed by atoms with E-state index >= 15 is 0 Å². The minimum atomic E-state index is -4.37. The Labute approximate surface area is 168 Å². The van der Waals surface area contributed by atoms with E-state index in [9.17, 15) is 18.0 Å². The standard InChI is InChI=1S/C23H25F3N2O/c1-4-15-12-18-13-17(8-9-21(18)27-22(15)29)20(10-11-28(2)3)16-6-5-7-19(14-16)23(24,25)26/h5-9,12-14,20H,4,10-11H2,1-3H3,(H,27,29). The Morgan fingerprint density at radius 1 is 1.03 bits per heavy atom. The van der Waals surface area contributed by atoms with Crippen LogP contribution in [0, 0.1) is 0 Å². The van der Waals surface area contributed by atoms with Crippen LogP contribution in [0.3, 0.4) is 0 Å². The van der Waals surface area contributed by atoms with Crippen molar-refractivity contribution in [3.8, 4) is 0 Å². The first kappa shape index (κ1) is 21.1. The molecule has 29 heavy (non-hydrogen) atoms. The molecule has 1 aromatic heterocycles. The monoisotopic (exact) mass is 402 g/mol. The third-order valence-electron chi connectivity index (χ3n) is 5.21. The van der Waals surface area contributed by atoms with Gasteiger partial charge in [0.25, 0.3) is 5.56 Å². The van der Waals surface area contributed by atoms with Crippen LogP contribution in [0.4, 0.5) is 13.2 Å². The fourth-order valence-corrected chi connectivity index (χ4v) is 3.59. The lowest BCUT2D eigenvalue weighted by Crippen LogP contribution is -2.17. The highest BCUT2D eigenvalue weighted by Gasteiger charge is 2.31. The zero-order valence-electron chi connectivity index (χ0n) is 16.8. The van der Waals surface area contributed by atoms with Gasteiger partial charge >= 0.3 is 6.18 Å². The average Bonchev–Trinajstić information content (AvgIpc) is 2.67. The summed E-state index contributed by atoms with van der Waals surface area (Å²) in [6, 6.07) is 13.1. The number of alkyl halides is 3. The summed E-state index contributed by atoms with van der Waals surface area (Å²) < 4.78 is 39.7. The van der Waals surface area contributed by atoms with Crippen molar-refractivity contribution in [1.29, 1.82) is 0 Å². The summed E-state index contributed by atoms with van der Waals surface area (Å²) in [5.74, 6) is -0.180. The van der Waals surface area contributed by atoms with Gasteiger partial charge in [-0.3, -0.25) is 4.79 Å². The molecule has 6 heteroatoms. The van der Waals surface area contributed by atoms with Crippen LogP contribution in [0.1, 0.15) is 41.5 Å². The van der Waals surface area contributed by atoms with Crippen LogP contribution in [0.15, 0.2) is 53.3 Å². The van der Waals surface area contributed by atoms with E-state index in [-0.39, 0.29) is 11.5 Å². The predicted molar refractivity (Wildman–Crippen MR) is 110 cm³/mol. The minimum absolute atomic E-state index is 0.102. The van der Waals surface area contributed by atoms with Gasteiger partial charge in [0, 0.05) is 17.0 Å². The Balaban J connectivity index is 2.09. The van der Waals surface area contributed by atoms with Gasteiger partial charge in [0.2, 0.25) is 0 Å². The molecule has 154 valence electrons. The van der Waals surface area contributed by atoms with Crippen molar-refractivity contribution in [3.63, 3.8) is 0 Å². The number of aromatic amines is 1. The Hall–Kier alpha value is -2.60. The molecule has 1 heterocycles. The summed E-state index contributed by atoms with van der Waals surface area (Å²) in [5.41, 5.74) is 2.26. The number of hydrogen-bond acceptors (Lipinski definition) is 2. The largest absolute Gasteiger partial charge is 0.416 e. The van der Waals surface area contributed by atoms with Gasteiger partial charge in [0.15, 0.2) is 0 Å². The molecular formula is C23H25F3N2O. The number of rotatable bonds is 6. The quantitative estimate of drug-likeness (QED) is 0.616. The topological polar surface area (TPSA) is 36.1 Å². The average molecular weight is 402 g/mol. The lowest BCUT2D eigenvalue weighted by molar-refractivity contribution is -0.137. The Morgan fingerprint density at radius 3 is 2.41 bits per heavy atom. The SMILES string of the molecule is CCc1cc2cc(C(CCN(C)C)c3cccc(C(F)(F)F)c3)ccc2[nH]c1=O. The molecule has 0 spiro atoms. The van der Waals surface area contributed by atoms with Crippen LogP contribution >= 0.6 is 0 Å². The maximum atomic E-state index is 13.2. The number of H-pyrrole nitrogens is 1. The second-order valence-electron chi connectivity index (χ2n) is 7.59. The first-order valence-electron chi connectivity index (χ1n) is 9.66. The Morgan fingerprint density at radius 2 is 1.76 bits per heavy atom. The summed E-state index contributed by atoms with van der Waals surface area (Å²) in [5, 5.41) is 0.890. The van der Waals surface area contributed by atoms with Crippen LogP contribution in [0.2, 0.25) is 0 Å². The highest BCUT2D eigenvalue weighted by Crippen LogP contribution is 2.35. The van der Waals surface area contributed by atoms with Crippen LogP contribution in [-0.2, 0) is 12.6 Å². The predicted octanol–water partition coefficient (Wildman–Crippen LogP) is 5.19. The van der Waals surface area contributed by atoms with E-state index in [1.165, 1.54) is 12.1 Å². The molecule has 0 bridgehead atoms. The van der Waals surface area contributed by atoms with E-state index in [1.54, 1.807) is 6.07 Å². The van der Waals surface area contributed by atoms with E-state index in [0.29, 0.717) is 24.0 Å². The molecule has 0 aliphatic rings. The third-order valence-corrected chi connectivity index (χ3v) is 5.21. The molecule has 1 N–H and O–H groups in total. The summed E-state index contributed by atoms with van der Waals surface area (Å²) in [6.45, 7) is 2.66. The molecule has 3 rings (SSSR count). The second kappa shape index (κ2) is 8.41. The van der Waals surface area contributed by atoms with Crippen molar-refractivity contribution in [2.24, 2.45) is 0 Å². The first-order valence-corrected chi connectivity index (χ1v) is 9.66. The summed E-state index contributed by atoms with van der Waals surface area (Å²) in [6.07, 6.45) is -3.07. The van der Waals surface area contributed by atoms with Crippen LogP contribution in [-0.4, -0.2) is 30.5 Å². The van der Waals surface area contributed by atoms with Gasteiger partial charge in [-0.25, -0.2) is 0 Å². The highest BCUT2D eigenvalue weighted by molar-refractivity contribution is 5.80. The van der Waals surface area contributed by atoms with Crippen molar-refractivity contribution in [3.05, 3.63) is 81.1 Å². The number of pyridine rings is 1. The van der Waals surface area contributed by atoms with E-state index in [4.69, 9.17) is 0 Å². The molecule has 3 nitrogen and oxygen atoms in total. The zero-order valence-corrected chi connectivity index (χ0v) is 16.8. The summed E-state index contributed by atoms with van der Waals surface area (Å²) in [4.78, 5) is 16.9. The van der Waals surface area contributed by atoms with Crippen LogP contribution in [0.5, 0.6) is 0 Å². The maximum Gasteiger partial charge on any atom is 0.416 e. The fraction of sp³-hybridized carbons (Fsp3) is 0.348. The molecule has 0 saturated carbocycles. The molecule has 2 aromatic carbocycles. The lowest BCUT2D eigenvalue weighted by Gasteiger charge is -2.22. The highest BCUT2D eigenvalue weighted by atomic mass is 19.4. The van der Waals surface area contributed by atoms with Crippen LogP contribution < -0.4 is 5.56 Å². The lowest BCUT2D eigenvalue weighted by atomic mass is 9.86. The number of benzene rings is 2. The molecule has 0 saturated heterocycles. The van der Waals surface area contributed by atoms with Gasteiger partial charge in [-0.15, -0.1) is 0 Å². The molecule has 3 aromatic rings. The number of nitrogens with zero attached hydrogens (tertiary/aromatic N) is 1. The number of aromatic nitrogens is 1. The molecule has 0 fully saturated rings. The summed E-state index contributed by atoms with van der Waals surface area (Å²) in [7, 11) is 3.89. The van der Waals surface area contributed by atoms with Crippen molar-refractivity contribution >= 4 is 10.9 Å². The van der Waals surface area contributed by atoms with E-state index in [1.807, 2.05) is 50.2 Å². The molecule has 0 radical (unpaired) electrons. The fourth-order valence-electron chi connectivity index (χ4n) is 3.59. The Bertz CT molecular complexity index is 1050. The summed E-state index contributed by atoms with van der Waals surface area (Å²) >= 11 is 0. The number of aryl methyl sites for hydroxylation is 1. The van der Waals surface area contributed by atoms with E-state index in [0.717, 1.165) is 29.1 Å². The minimum Gasteiger partial charge on any atom is -0.322 e.